The van der Waals surface area contributed by atoms with Crippen LogP contribution in [0.4, 0.5) is 0 Å². The fraction of sp³-hybridized carbons (Fsp3) is 0.393. The molecule has 2 heterocycles. The number of amides is 1. The summed E-state index contributed by atoms with van der Waals surface area (Å²) in [6.07, 6.45) is 6.98. The number of sulfonamides is 1. The summed E-state index contributed by atoms with van der Waals surface area (Å²) < 4.78 is 45.5. The van der Waals surface area contributed by atoms with E-state index in [0.717, 1.165) is 18.4 Å². The molecule has 10 nitrogen and oxygen atoms in total. The molecule has 0 aliphatic carbocycles. The molecule has 1 amide bonds. The molecule has 1 atom stereocenters. The first-order valence-electron chi connectivity index (χ1n) is 12.8. The van der Waals surface area contributed by atoms with Gasteiger partial charge in [-0.1, -0.05) is 18.6 Å². The van der Waals surface area contributed by atoms with Gasteiger partial charge in [-0.15, -0.1) is 0 Å². The topological polar surface area (TPSA) is 120 Å². The largest absolute Gasteiger partial charge is 0.497 e. The van der Waals surface area contributed by atoms with E-state index in [0.29, 0.717) is 52.9 Å². The van der Waals surface area contributed by atoms with E-state index in [1.807, 2.05) is 18.2 Å². The summed E-state index contributed by atoms with van der Waals surface area (Å²) in [7, 11) is -2.18. The van der Waals surface area contributed by atoms with Crippen molar-refractivity contribution in [1.82, 2.24) is 19.6 Å². The Balaban J connectivity index is 1.31. The van der Waals surface area contributed by atoms with Gasteiger partial charge in [0.2, 0.25) is 21.8 Å². The van der Waals surface area contributed by atoms with Crippen LogP contribution in [0.2, 0.25) is 0 Å². The molecule has 11 heteroatoms. The van der Waals surface area contributed by atoms with Crippen molar-refractivity contribution in [3.63, 3.8) is 0 Å². The quantitative estimate of drug-likeness (QED) is 0.380. The lowest BCUT2D eigenvalue weighted by Gasteiger charge is -2.35. The Morgan fingerprint density at radius 2 is 1.90 bits per heavy atom. The zero-order chi connectivity index (χ0) is 27.8. The first kappa shape index (κ1) is 28.5. The van der Waals surface area contributed by atoms with E-state index in [1.54, 1.807) is 51.6 Å². The van der Waals surface area contributed by atoms with Crippen LogP contribution < -0.4 is 14.8 Å². The Bertz CT molecular complexity index is 1360. The number of rotatable bonds is 11. The highest BCUT2D eigenvalue weighted by molar-refractivity contribution is 7.89. The smallest absolute Gasteiger partial charge is 0.246 e. The van der Waals surface area contributed by atoms with Crippen LogP contribution >= 0.6 is 0 Å². The molecule has 3 aromatic rings. The third-order valence-corrected chi connectivity index (χ3v) is 8.76. The lowest BCUT2D eigenvalue weighted by Crippen LogP contribution is -2.46. The third kappa shape index (κ3) is 7.31. The van der Waals surface area contributed by atoms with Crippen molar-refractivity contribution in [2.75, 3.05) is 26.9 Å². The Hall–Kier alpha value is -3.54. The molecule has 4 rings (SSSR count). The van der Waals surface area contributed by atoms with E-state index in [-0.39, 0.29) is 25.2 Å². The van der Waals surface area contributed by atoms with Crippen LogP contribution in [-0.2, 0) is 26.1 Å². The number of aromatic nitrogens is 2. The minimum atomic E-state index is -3.74. The molecule has 1 fully saturated rings. The second-order valence-corrected chi connectivity index (χ2v) is 11.3. The van der Waals surface area contributed by atoms with Gasteiger partial charge in [0.05, 0.1) is 24.8 Å². The van der Waals surface area contributed by atoms with Crippen LogP contribution in [0.15, 0.2) is 59.9 Å². The first-order chi connectivity index (χ1) is 18.8. The summed E-state index contributed by atoms with van der Waals surface area (Å²) in [5.41, 5.74) is 2.13. The third-order valence-electron chi connectivity index (χ3n) is 6.50. The van der Waals surface area contributed by atoms with Gasteiger partial charge >= 0.3 is 0 Å². The number of carbonyl (C=O) groups excluding carboxylic acids is 1. The fourth-order valence-corrected chi connectivity index (χ4v) is 6.82. The van der Waals surface area contributed by atoms with Gasteiger partial charge < -0.3 is 19.5 Å². The summed E-state index contributed by atoms with van der Waals surface area (Å²) in [4.78, 5) is 20.8. The lowest BCUT2D eigenvalue weighted by molar-refractivity contribution is -0.126. The summed E-state index contributed by atoms with van der Waals surface area (Å²) in [6, 6.07) is 10.4. The number of hydrogen-bond acceptors (Lipinski definition) is 8. The van der Waals surface area contributed by atoms with Crippen molar-refractivity contribution in [2.45, 2.75) is 50.6 Å². The summed E-state index contributed by atoms with van der Waals surface area (Å²) in [5, 5.41) is 2.83. The van der Waals surface area contributed by atoms with Crippen LogP contribution in [-0.4, -0.2) is 61.5 Å². The average molecular weight is 555 g/mol. The van der Waals surface area contributed by atoms with Crippen molar-refractivity contribution >= 4 is 15.9 Å². The van der Waals surface area contributed by atoms with Crippen molar-refractivity contribution < 1.29 is 27.4 Å². The monoisotopic (exact) mass is 554 g/mol. The predicted molar refractivity (Wildman–Crippen MR) is 145 cm³/mol. The maximum absolute atomic E-state index is 13.7. The molecule has 1 N–H and O–H groups in total. The molecule has 1 aliphatic rings. The van der Waals surface area contributed by atoms with Crippen LogP contribution in [0.25, 0.3) is 0 Å². The SMILES string of the molecule is COc1cc(C)c(S(=O)(=O)N2CCCCC2COCC(=O)NCc2cccc(Oc3cnccn3)c2)c(C)c1. The zero-order valence-electron chi connectivity index (χ0n) is 22.4. The molecule has 1 aliphatic heterocycles. The van der Waals surface area contributed by atoms with Crippen molar-refractivity contribution in [3.05, 3.63) is 71.7 Å². The van der Waals surface area contributed by atoms with E-state index < -0.39 is 10.0 Å². The number of piperidine rings is 1. The number of nitrogens with one attached hydrogen (secondary N) is 1. The van der Waals surface area contributed by atoms with Crippen LogP contribution in [0.1, 0.15) is 36.0 Å². The van der Waals surface area contributed by atoms with E-state index in [9.17, 15) is 13.2 Å². The molecule has 2 aromatic carbocycles. The van der Waals surface area contributed by atoms with E-state index >= 15 is 0 Å². The number of ether oxygens (including phenoxy) is 3. The molecule has 1 aromatic heterocycles. The van der Waals surface area contributed by atoms with Gasteiger partial charge in [-0.2, -0.15) is 4.31 Å². The van der Waals surface area contributed by atoms with Gasteiger partial charge in [-0.3, -0.25) is 9.78 Å². The lowest BCUT2D eigenvalue weighted by atomic mass is 10.1. The Morgan fingerprint density at radius 3 is 2.62 bits per heavy atom. The maximum atomic E-state index is 13.7. The van der Waals surface area contributed by atoms with Crippen molar-refractivity contribution in [1.29, 1.82) is 0 Å². The first-order valence-corrected chi connectivity index (χ1v) is 14.3. The van der Waals surface area contributed by atoms with Crippen LogP contribution in [0, 0.1) is 13.8 Å². The molecule has 0 radical (unpaired) electrons. The number of methoxy groups -OCH3 is 1. The average Bonchev–Trinajstić information content (AvgIpc) is 2.92. The number of benzene rings is 2. The highest BCUT2D eigenvalue weighted by Crippen LogP contribution is 2.32. The molecular formula is C28H34N4O6S. The number of carbonyl (C=O) groups is 1. The van der Waals surface area contributed by atoms with E-state index in [1.165, 1.54) is 10.5 Å². The number of aryl methyl sites for hydroxylation is 2. The van der Waals surface area contributed by atoms with Gasteiger partial charge in [0.25, 0.3) is 0 Å². The van der Waals surface area contributed by atoms with Gasteiger partial charge in [0, 0.05) is 31.5 Å². The highest BCUT2D eigenvalue weighted by atomic mass is 32.2. The summed E-state index contributed by atoms with van der Waals surface area (Å²) in [6.45, 7) is 4.24. The molecule has 0 spiro atoms. The normalized spacial score (nSPS) is 16.0. The zero-order valence-corrected chi connectivity index (χ0v) is 23.2. The van der Waals surface area contributed by atoms with Crippen molar-refractivity contribution in [2.24, 2.45) is 0 Å². The van der Waals surface area contributed by atoms with Gasteiger partial charge in [0.15, 0.2) is 0 Å². The molecule has 39 heavy (non-hydrogen) atoms. The number of nitrogens with zero attached hydrogens (tertiary/aromatic N) is 3. The summed E-state index contributed by atoms with van der Waals surface area (Å²) >= 11 is 0. The standard InChI is InChI=1S/C28H34N4O6S/c1-20-13-25(36-3)14-21(2)28(20)39(34,35)32-12-5-4-8-23(32)18-37-19-26(33)31-16-22-7-6-9-24(15-22)38-27-17-29-10-11-30-27/h6-7,9-11,13-15,17,23H,4-5,8,12,16,18-19H2,1-3H3,(H,31,33). The molecule has 1 unspecified atom stereocenters. The second-order valence-electron chi connectivity index (χ2n) is 9.44. The Morgan fingerprint density at radius 1 is 1.10 bits per heavy atom. The van der Waals surface area contributed by atoms with Crippen LogP contribution in [0.3, 0.4) is 0 Å². The van der Waals surface area contributed by atoms with E-state index in [2.05, 4.69) is 15.3 Å². The van der Waals surface area contributed by atoms with Gasteiger partial charge in [-0.25, -0.2) is 13.4 Å². The molecule has 1 saturated heterocycles. The van der Waals surface area contributed by atoms with Gasteiger partial charge in [-0.05, 0) is 67.6 Å². The molecule has 208 valence electrons. The maximum Gasteiger partial charge on any atom is 0.246 e. The minimum Gasteiger partial charge on any atom is -0.497 e. The highest BCUT2D eigenvalue weighted by Gasteiger charge is 2.35. The number of hydrogen-bond donors (Lipinski definition) is 1. The Kier molecular flexibility index (Phi) is 9.50. The molecule has 0 bridgehead atoms. The van der Waals surface area contributed by atoms with Crippen molar-refractivity contribution in [3.8, 4) is 17.4 Å². The van der Waals surface area contributed by atoms with Gasteiger partial charge in [0.1, 0.15) is 18.1 Å². The molecule has 0 saturated carbocycles. The minimum absolute atomic E-state index is 0.141. The second kappa shape index (κ2) is 13.0. The molecular weight excluding hydrogens is 520 g/mol. The Labute approximate surface area is 229 Å². The fourth-order valence-electron chi connectivity index (χ4n) is 4.73. The van der Waals surface area contributed by atoms with E-state index in [4.69, 9.17) is 14.2 Å². The predicted octanol–water partition coefficient (Wildman–Crippen LogP) is 3.77. The van der Waals surface area contributed by atoms with Crippen LogP contribution in [0.5, 0.6) is 17.4 Å². The summed E-state index contributed by atoms with van der Waals surface area (Å²) in [5.74, 6) is 1.29.